The van der Waals surface area contributed by atoms with Gasteiger partial charge in [0.2, 0.25) is 0 Å². The van der Waals surface area contributed by atoms with Gasteiger partial charge in [-0.3, -0.25) is 9.59 Å². The van der Waals surface area contributed by atoms with Gasteiger partial charge in [-0.15, -0.1) is 11.6 Å². The van der Waals surface area contributed by atoms with Crippen LogP contribution in [-0.2, 0) is 9.59 Å². The first-order valence-corrected chi connectivity index (χ1v) is 3.47. The molecule has 0 radical (unpaired) electrons. The van der Waals surface area contributed by atoms with Gasteiger partial charge >= 0.3 is 5.97 Å². The number of rotatable bonds is 3. The highest BCUT2D eigenvalue weighted by Crippen LogP contribution is 2.31. The van der Waals surface area contributed by atoms with Crippen LogP contribution in [0.5, 0.6) is 0 Å². The third-order valence-corrected chi connectivity index (χ3v) is 1.85. The summed E-state index contributed by atoms with van der Waals surface area (Å²) in [5.41, 5.74) is 0. The van der Waals surface area contributed by atoms with Crippen molar-refractivity contribution >= 4 is 23.4 Å². The molecule has 0 heterocycles. The van der Waals surface area contributed by atoms with Gasteiger partial charge < -0.3 is 5.11 Å². The maximum absolute atomic E-state index is 10.8. The average Bonchev–Trinajstić information content (AvgIpc) is 2.65. The molecule has 0 spiro atoms. The van der Waals surface area contributed by atoms with E-state index in [1.807, 2.05) is 0 Å². The number of halogens is 1. The summed E-state index contributed by atoms with van der Waals surface area (Å²) in [5.74, 6) is -1.65. The van der Waals surface area contributed by atoms with Crippen molar-refractivity contribution in [3.63, 3.8) is 0 Å². The zero-order valence-corrected chi connectivity index (χ0v) is 5.97. The predicted molar refractivity (Wildman–Crippen MR) is 35.0 cm³/mol. The normalized spacial score (nSPS) is 20.1. The van der Waals surface area contributed by atoms with E-state index in [4.69, 9.17) is 16.7 Å². The molecule has 0 bridgehead atoms. The molecular formula is C6H7ClO3. The number of carboxylic acids is 1. The van der Waals surface area contributed by atoms with Crippen LogP contribution in [0.1, 0.15) is 12.8 Å². The molecule has 1 rings (SSSR count). The maximum Gasteiger partial charge on any atom is 0.329 e. The van der Waals surface area contributed by atoms with Crippen molar-refractivity contribution in [2.75, 3.05) is 0 Å². The Morgan fingerprint density at radius 1 is 1.50 bits per heavy atom. The number of Topliss-reactive ketones (excluding diaryl/α,β-unsaturated/α-hetero) is 1. The Balaban J connectivity index is 2.46. The van der Waals surface area contributed by atoms with Crippen molar-refractivity contribution < 1.29 is 14.7 Å². The minimum atomic E-state index is -1.33. The number of hydrogen-bond donors (Lipinski definition) is 1. The van der Waals surface area contributed by atoms with E-state index < -0.39 is 11.3 Å². The van der Waals surface area contributed by atoms with E-state index in [1.54, 1.807) is 0 Å². The summed E-state index contributed by atoms with van der Waals surface area (Å²) >= 11 is 5.25. The van der Waals surface area contributed by atoms with Gasteiger partial charge in [-0.25, -0.2) is 0 Å². The number of hydrogen-bond acceptors (Lipinski definition) is 2. The molecule has 1 atom stereocenters. The second-order valence-electron chi connectivity index (χ2n) is 2.38. The van der Waals surface area contributed by atoms with Crippen molar-refractivity contribution in [1.82, 2.24) is 0 Å². The zero-order valence-electron chi connectivity index (χ0n) is 5.21. The molecule has 10 heavy (non-hydrogen) atoms. The zero-order chi connectivity index (χ0) is 7.72. The molecule has 1 N–H and O–H groups in total. The highest BCUT2D eigenvalue weighted by Gasteiger charge is 2.36. The fraction of sp³-hybridized carbons (Fsp3) is 0.667. The van der Waals surface area contributed by atoms with E-state index in [-0.39, 0.29) is 11.7 Å². The van der Waals surface area contributed by atoms with Crippen LogP contribution in [0.15, 0.2) is 0 Å². The Bertz CT molecular complexity index is 174. The molecule has 3 nitrogen and oxygen atoms in total. The van der Waals surface area contributed by atoms with Crippen LogP contribution in [0.2, 0.25) is 0 Å². The van der Waals surface area contributed by atoms with Crippen molar-refractivity contribution in [2.45, 2.75) is 18.2 Å². The number of alkyl halides is 1. The monoisotopic (exact) mass is 162 g/mol. The fourth-order valence-electron chi connectivity index (χ4n) is 0.696. The summed E-state index contributed by atoms with van der Waals surface area (Å²) in [6.45, 7) is 0. The molecule has 1 aliphatic carbocycles. The number of aliphatic carboxylic acids is 1. The van der Waals surface area contributed by atoms with E-state index in [0.29, 0.717) is 0 Å². The minimum Gasteiger partial charge on any atom is -0.480 e. The molecule has 0 amide bonds. The summed E-state index contributed by atoms with van der Waals surface area (Å²) in [4.78, 5) is 21.0. The molecule has 0 aromatic rings. The van der Waals surface area contributed by atoms with Crippen LogP contribution in [0, 0.1) is 5.92 Å². The van der Waals surface area contributed by atoms with Gasteiger partial charge in [0.1, 0.15) is 0 Å². The second kappa shape index (κ2) is 2.58. The van der Waals surface area contributed by atoms with Crippen LogP contribution < -0.4 is 0 Å². The highest BCUT2D eigenvalue weighted by molar-refractivity contribution is 6.41. The number of carbonyl (C=O) groups excluding carboxylic acids is 1. The number of carboxylic acid groups (broad SMARTS) is 1. The van der Waals surface area contributed by atoms with Gasteiger partial charge in [0.25, 0.3) is 0 Å². The summed E-state index contributed by atoms with van der Waals surface area (Å²) in [7, 11) is 0. The standard InChI is InChI=1S/C6H7ClO3/c7-4(6(9)10)5(8)3-1-2-3/h3-4H,1-2H2,(H,9,10). The van der Waals surface area contributed by atoms with Crippen LogP contribution in [0.3, 0.4) is 0 Å². The molecular weight excluding hydrogens is 156 g/mol. The molecule has 1 saturated carbocycles. The Morgan fingerprint density at radius 3 is 2.30 bits per heavy atom. The average molecular weight is 163 g/mol. The fourth-order valence-corrected chi connectivity index (χ4v) is 0.875. The van der Waals surface area contributed by atoms with Crippen molar-refractivity contribution in [2.24, 2.45) is 5.92 Å². The quantitative estimate of drug-likeness (QED) is 0.490. The third-order valence-electron chi connectivity index (χ3n) is 1.45. The number of carbonyl (C=O) groups is 2. The Morgan fingerprint density at radius 2 is 2.00 bits per heavy atom. The van der Waals surface area contributed by atoms with Gasteiger partial charge in [-0.2, -0.15) is 0 Å². The van der Waals surface area contributed by atoms with Crippen LogP contribution >= 0.6 is 11.6 Å². The first-order chi connectivity index (χ1) is 4.63. The van der Waals surface area contributed by atoms with Gasteiger partial charge in [0, 0.05) is 5.92 Å². The lowest BCUT2D eigenvalue weighted by Gasteiger charge is -1.98. The Kier molecular flexibility index (Phi) is 1.94. The van der Waals surface area contributed by atoms with Gasteiger partial charge in [-0.05, 0) is 12.8 Å². The molecule has 1 fully saturated rings. The Labute approximate surface area is 63.0 Å². The summed E-state index contributed by atoms with van der Waals surface area (Å²) < 4.78 is 0. The van der Waals surface area contributed by atoms with Crippen molar-refractivity contribution in [3.8, 4) is 0 Å². The second-order valence-corrected chi connectivity index (χ2v) is 2.81. The van der Waals surface area contributed by atoms with Crippen LogP contribution in [0.4, 0.5) is 0 Å². The lowest BCUT2D eigenvalue weighted by atomic mass is 10.2. The molecule has 0 aromatic heterocycles. The van der Waals surface area contributed by atoms with E-state index in [0.717, 1.165) is 12.8 Å². The molecule has 1 aliphatic rings. The van der Waals surface area contributed by atoms with Gasteiger partial charge in [-0.1, -0.05) is 0 Å². The number of ketones is 1. The van der Waals surface area contributed by atoms with Crippen LogP contribution in [0.25, 0.3) is 0 Å². The molecule has 56 valence electrons. The van der Waals surface area contributed by atoms with Gasteiger partial charge in [0.15, 0.2) is 11.2 Å². The van der Waals surface area contributed by atoms with Crippen molar-refractivity contribution in [3.05, 3.63) is 0 Å². The summed E-state index contributed by atoms with van der Waals surface area (Å²) in [6.07, 6.45) is 1.60. The van der Waals surface area contributed by atoms with E-state index in [2.05, 4.69) is 0 Å². The SMILES string of the molecule is O=C(O)C(Cl)C(=O)C1CC1. The Hall–Kier alpha value is -0.570. The van der Waals surface area contributed by atoms with E-state index >= 15 is 0 Å². The maximum atomic E-state index is 10.8. The molecule has 1 unspecified atom stereocenters. The molecule has 4 heteroatoms. The lowest BCUT2D eigenvalue weighted by Crippen LogP contribution is -2.25. The minimum absolute atomic E-state index is 0.0707. The van der Waals surface area contributed by atoms with Crippen LogP contribution in [-0.4, -0.2) is 22.2 Å². The lowest BCUT2D eigenvalue weighted by molar-refractivity contribution is -0.140. The molecule has 0 aromatic carbocycles. The molecule has 0 saturated heterocycles. The summed E-state index contributed by atoms with van der Waals surface area (Å²) in [5, 5.41) is 6.95. The largest absolute Gasteiger partial charge is 0.480 e. The molecule has 0 aliphatic heterocycles. The van der Waals surface area contributed by atoms with E-state index in [1.165, 1.54) is 0 Å². The predicted octanol–water partition coefficient (Wildman–Crippen LogP) is 0.657. The van der Waals surface area contributed by atoms with Gasteiger partial charge in [0.05, 0.1) is 0 Å². The first kappa shape index (κ1) is 7.54. The highest BCUT2D eigenvalue weighted by atomic mass is 35.5. The first-order valence-electron chi connectivity index (χ1n) is 3.03. The topological polar surface area (TPSA) is 54.4 Å². The summed E-state index contributed by atoms with van der Waals surface area (Å²) in [6, 6.07) is 0. The van der Waals surface area contributed by atoms with Crippen molar-refractivity contribution in [1.29, 1.82) is 0 Å². The smallest absolute Gasteiger partial charge is 0.329 e. The van der Waals surface area contributed by atoms with E-state index in [9.17, 15) is 9.59 Å². The third kappa shape index (κ3) is 1.48.